The van der Waals surface area contributed by atoms with Gasteiger partial charge in [0.05, 0.1) is 19.3 Å². The predicted molar refractivity (Wildman–Crippen MR) is 79.8 cm³/mol. The third-order valence-corrected chi connectivity index (χ3v) is 4.23. The van der Waals surface area contributed by atoms with Gasteiger partial charge in [0.2, 0.25) is 0 Å². The molecule has 118 valence electrons. The van der Waals surface area contributed by atoms with E-state index in [1.807, 2.05) is 20.9 Å². The van der Waals surface area contributed by atoms with Crippen molar-refractivity contribution in [1.29, 1.82) is 0 Å². The van der Waals surface area contributed by atoms with Gasteiger partial charge in [0.1, 0.15) is 5.54 Å². The van der Waals surface area contributed by atoms with Crippen LogP contribution in [0.1, 0.15) is 40.5 Å². The molecule has 1 saturated heterocycles. The van der Waals surface area contributed by atoms with Crippen molar-refractivity contribution < 1.29 is 14.3 Å². The minimum Gasteiger partial charge on any atom is -0.465 e. The maximum Gasteiger partial charge on any atom is 0.326 e. The van der Waals surface area contributed by atoms with Crippen LogP contribution in [0.4, 0.5) is 0 Å². The molecule has 20 heavy (non-hydrogen) atoms. The second kappa shape index (κ2) is 7.96. The lowest BCUT2D eigenvalue weighted by Gasteiger charge is -2.40. The van der Waals surface area contributed by atoms with Crippen molar-refractivity contribution in [2.45, 2.75) is 58.2 Å². The summed E-state index contributed by atoms with van der Waals surface area (Å²) in [6.45, 7) is 11.0. The van der Waals surface area contributed by atoms with E-state index in [1.165, 1.54) is 0 Å². The largest absolute Gasteiger partial charge is 0.465 e. The summed E-state index contributed by atoms with van der Waals surface area (Å²) in [5.41, 5.74) is -0.615. The first kappa shape index (κ1) is 17.4. The number of hydrogen-bond donors (Lipinski definition) is 1. The van der Waals surface area contributed by atoms with Crippen LogP contribution in [0, 0.1) is 0 Å². The van der Waals surface area contributed by atoms with Gasteiger partial charge in [0.15, 0.2) is 0 Å². The number of esters is 1. The lowest BCUT2D eigenvalue weighted by molar-refractivity contribution is -0.151. The lowest BCUT2D eigenvalue weighted by atomic mass is 9.97. The van der Waals surface area contributed by atoms with Crippen LogP contribution in [0.5, 0.6) is 0 Å². The highest BCUT2D eigenvalue weighted by atomic mass is 16.5. The molecule has 0 radical (unpaired) electrons. The van der Waals surface area contributed by atoms with Gasteiger partial charge < -0.3 is 14.8 Å². The van der Waals surface area contributed by atoms with E-state index in [-0.39, 0.29) is 12.1 Å². The van der Waals surface area contributed by atoms with E-state index in [9.17, 15) is 4.79 Å². The Balaban J connectivity index is 2.59. The Kier molecular flexibility index (Phi) is 6.92. The molecule has 0 aliphatic carbocycles. The summed E-state index contributed by atoms with van der Waals surface area (Å²) < 4.78 is 10.9. The van der Waals surface area contributed by atoms with E-state index >= 15 is 0 Å². The lowest BCUT2D eigenvalue weighted by Crippen LogP contribution is -2.54. The Bertz CT molecular complexity index is 311. The van der Waals surface area contributed by atoms with E-state index in [1.54, 1.807) is 0 Å². The Labute approximate surface area is 123 Å². The number of likely N-dealkylation sites (N-methyl/N-ethyl adjacent to an activating group) is 1. The Morgan fingerprint density at radius 3 is 2.75 bits per heavy atom. The fourth-order valence-corrected chi connectivity index (χ4v) is 2.55. The zero-order valence-electron chi connectivity index (χ0n) is 13.6. The summed E-state index contributed by atoms with van der Waals surface area (Å²) >= 11 is 0. The molecule has 0 amide bonds. The molecule has 1 N–H and O–H groups in total. The van der Waals surface area contributed by atoms with E-state index in [2.05, 4.69) is 24.1 Å². The predicted octanol–water partition coefficient (Wildman–Crippen LogP) is 1.42. The minimum absolute atomic E-state index is 0.170. The van der Waals surface area contributed by atoms with Crippen LogP contribution in [-0.2, 0) is 14.3 Å². The SMILES string of the molecule is CCOC(=O)C(C)(CCN1CC(C)OCC1CC)NC. The topological polar surface area (TPSA) is 50.8 Å². The van der Waals surface area contributed by atoms with Gasteiger partial charge in [-0.1, -0.05) is 6.92 Å². The second-order valence-electron chi connectivity index (χ2n) is 5.75. The highest BCUT2D eigenvalue weighted by molar-refractivity contribution is 5.80. The molecule has 0 aromatic carbocycles. The van der Waals surface area contributed by atoms with Gasteiger partial charge in [0, 0.05) is 19.1 Å². The number of hydrogen-bond acceptors (Lipinski definition) is 5. The normalized spacial score (nSPS) is 27.1. The van der Waals surface area contributed by atoms with Crippen molar-refractivity contribution in [2.75, 3.05) is 33.4 Å². The quantitative estimate of drug-likeness (QED) is 0.717. The molecule has 5 heteroatoms. The van der Waals surface area contributed by atoms with E-state index in [0.717, 1.165) is 32.5 Å². The van der Waals surface area contributed by atoms with Crippen LogP contribution in [-0.4, -0.2) is 61.9 Å². The smallest absolute Gasteiger partial charge is 0.326 e. The molecule has 1 rings (SSSR count). The van der Waals surface area contributed by atoms with Crippen LogP contribution in [0.2, 0.25) is 0 Å². The Morgan fingerprint density at radius 1 is 1.50 bits per heavy atom. The molecule has 0 aromatic heterocycles. The number of ether oxygens (including phenoxy) is 2. The molecule has 5 nitrogen and oxygen atoms in total. The summed E-state index contributed by atoms with van der Waals surface area (Å²) in [5.74, 6) is -0.170. The average Bonchev–Trinajstić information content (AvgIpc) is 2.45. The molecule has 0 aromatic rings. The van der Waals surface area contributed by atoms with Crippen LogP contribution in [0.15, 0.2) is 0 Å². The van der Waals surface area contributed by atoms with Gasteiger partial charge in [-0.2, -0.15) is 0 Å². The third kappa shape index (κ3) is 4.43. The highest BCUT2D eigenvalue weighted by Crippen LogP contribution is 2.18. The number of rotatable bonds is 7. The summed E-state index contributed by atoms with van der Waals surface area (Å²) in [7, 11) is 1.82. The number of nitrogens with zero attached hydrogens (tertiary/aromatic N) is 1. The molecule has 1 heterocycles. The maximum absolute atomic E-state index is 12.1. The summed E-state index contributed by atoms with van der Waals surface area (Å²) in [6, 6.07) is 0.453. The fourth-order valence-electron chi connectivity index (χ4n) is 2.55. The van der Waals surface area contributed by atoms with E-state index in [0.29, 0.717) is 12.6 Å². The van der Waals surface area contributed by atoms with Gasteiger partial charge >= 0.3 is 5.97 Å². The van der Waals surface area contributed by atoms with Gasteiger partial charge in [0.25, 0.3) is 0 Å². The van der Waals surface area contributed by atoms with Gasteiger partial charge in [-0.15, -0.1) is 0 Å². The van der Waals surface area contributed by atoms with E-state index in [4.69, 9.17) is 9.47 Å². The number of morpholine rings is 1. The van der Waals surface area contributed by atoms with Crippen molar-refractivity contribution >= 4 is 5.97 Å². The molecule has 1 aliphatic rings. The molecule has 0 saturated carbocycles. The molecule has 3 unspecified atom stereocenters. The zero-order chi connectivity index (χ0) is 15.2. The fraction of sp³-hybridized carbons (Fsp3) is 0.933. The van der Waals surface area contributed by atoms with Crippen LogP contribution in [0.25, 0.3) is 0 Å². The second-order valence-corrected chi connectivity index (χ2v) is 5.75. The van der Waals surface area contributed by atoms with Crippen molar-refractivity contribution in [3.63, 3.8) is 0 Å². The van der Waals surface area contributed by atoms with Crippen LogP contribution < -0.4 is 5.32 Å². The molecule has 1 aliphatic heterocycles. The molecular weight excluding hydrogens is 256 g/mol. The van der Waals surface area contributed by atoms with Crippen molar-refractivity contribution in [3.05, 3.63) is 0 Å². The maximum atomic E-state index is 12.1. The van der Waals surface area contributed by atoms with Gasteiger partial charge in [-0.3, -0.25) is 9.69 Å². The first-order chi connectivity index (χ1) is 9.46. The summed E-state index contributed by atoms with van der Waals surface area (Å²) in [6.07, 6.45) is 2.08. The number of nitrogens with one attached hydrogen (secondary N) is 1. The molecule has 1 fully saturated rings. The molecule has 0 spiro atoms. The number of carbonyl (C=O) groups excluding carboxylic acids is 1. The number of carbonyl (C=O) groups is 1. The van der Waals surface area contributed by atoms with Crippen molar-refractivity contribution in [1.82, 2.24) is 10.2 Å². The average molecular weight is 286 g/mol. The van der Waals surface area contributed by atoms with E-state index < -0.39 is 5.54 Å². The third-order valence-electron chi connectivity index (χ3n) is 4.23. The van der Waals surface area contributed by atoms with Crippen molar-refractivity contribution in [3.8, 4) is 0 Å². The van der Waals surface area contributed by atoms with Crippen molar-refractivity contribution in [2.24, 2.45) is 0 Å². The minimum atomic E-state index is -0.615. The van der Waals surface area contributed by atoms with Gasteiger partial charge in [-0.25, -0.2) is 0 Å². The Hall–Kier alpha value is -0.650. The monoisotopic (exact) mass is 286 g/mol. The summed E-state index contributed by atoms with van der Waals surface area (Å²) in [5, 5.41) is 3.11. The standard InChI is InChI=1S/C15H30N2O3/c1-6-13-11-20-12(3)10-17(13)9-8-15(4,16-5)14(18)19-7-2/h12-13,16H,6-11H2,1-5H3. The first-order valence-electron chi connectivity index (χ1n) is 7.68. The molecular formula is C15H30N2O3. The van der Waals surface area contributed by atoms with Gasteiger partial charge in [-0.05, 0) is 40.7 Å². The zero-order valence-corrected chi connectivity index (χ0v) is 13.6. The van der Waals surface area contributed by atoms with Crippen LogP contribution in [0.3, 0.4) is 0 Å². The molecule has 0 bridgehead atoms. The molecule has 3 atom stereocenters. The summed E-state index contributed by atoms with van der Waals surface area (Å²) in [4.78, 5) is 14.5. The first-order valence-corrected chi connectivity index (χ1v) is 7.68. The Morgan fingerprint density at radius 2 is 2.20 bits per heavy atom. The van der Waals surface area contributed by atoms with Crippen LogP contribution >= 0.6 is 0 Å². The highest BCUT2D eigenvalue weighted by Gasteiger charge is 2.35.